The number of carbonyl (C=O) groups excluding carboxylic acids is 5. The van der Waals surface area contributed by atoms with Crippen LogP contribution in [0.15, 0.2) is 54.7 Å². The minimum absolute atomic E-state index is 0.0377. The van der Waals surface area contributed by atoms with Gasteiger partial charge in [0.15, 0.2) is 5.78 Å². The third kappa shape index (κ3) is 6.47. The number of urea groups is 1. The summed E-state index contributed by atoms with van der Waals surface area (Å²) in [5.41, 5.74) is 3.32. The fourth-order valence-corrected chi connectivity index (χ4v) is 7.65. The van der Waals surface area contributed by atoms with Gasteiger partial charge in [-0.15, -0.1) is 0 Å². The van der Waals surface area contributed by atoms with Crippen molar-refractivity contribution in [2.45, 2.75) is 51.2 Å². The zero-order valence-electron chi connectivity index (χ0n) is 28.3. The summed E-state index contributed by atoms with van der Waals surface area (Å²) in [4.78, 5) is 81.4. The van der Waals surface area contributed by atoms with E-state index < -0.39 is 17.9 Å². The molecule has 3 aromatic rings. The molecule has 3 fully saturated rings. The first-order valence-electron chi connectivity index (χ1n) is 17.1. The number of hydrogen-bond acceptors (Lipinski definition) is 9. The van der Waals surface area contributed by atoms with Crippen LogP contribution in [-0.2, 0) is 9.59 Å². The molecule has 4 amide bonds. The maximum absolute atomic E-state index is 13.3. The lowest BCUT2D eigenvalue weighted by Gasteiger charge is -2.45. The van der Waals surface area contributed by atoms with Crippen molar-refractivity contribution >= 4 is 69.6 Å². The number of imide groups is 1. The van der Waals surface area contributed by atoms with Crippen molar-refractivity contribution in [3.63, 3.8) is 0 Å². The number of Topliss-reactive ketones (excluding diaryl/α,β-unsaturated/α-hetero) is 2. The molecule has 0 spiro atoms. The molecule has 51 heavy (non-hydrogen) atoms. The highest BCUT2D eigenvalue weighted by atomic mass is 35.5. The summed E-state index contributed by atoms with van der Waals surface area (Å²) in [5, 5.41) is 3.41. The standard InChI is InChI=1S/C37H37ClN8O5/c1-22-21-45(23(2)20-44(22)26-6-9-31(39-3)30(38)17-26)37(51)41-24-4-11-34(40-19-24)43-14-12-42(13-15-43)25-5-8-28-29(16-25)36(50)46(35(28)49)32-10-7-27(47)18-33(32)48/h4-6,8-9,11,16-17,19,22-23,32H,7,10,12-15,18,20-21H2,1-2H3,(H,41,51)/t22-,23+,32?/m0/s1. The SMILES string of the molecule is [C-]#[N+]c1ccc(N2C[C@@H](C)N(C(=O)Nc3ccc(N4CCN(c5ccc6c(c5)C(=O)N(C5CCC(=O)CC5=O)C6=O)CC4)nc3)C[C@@H]2C)cc1Cl. The number of aromatic nitrogens is 1. The maximum atomic E-state index is 13.3. The van der Waals surface area contributed by atoms with E-state index in [4.69, 9.17) is 18.2 Å². The molecule has 3 aliphatic heterocycles. The number of amides is 4. The zero-order chi connectivity index (χ0) is 36.0. The van der Waals surface area contributed by atoms with Gasteiger partial charge in [0.05, 0.1) is 42.0 Å². The van der Waals surface area contributed by atoms with E-state index in [0.717, 1.165) is 22.1 Å². The van der Waals surface area contributed by atoms with Gasteiger partial charge in [-0.3, -0.25) is 24.1 Å². The van der Waals surface area contributed by atoms with E-state index in [1.807, 2.05) is 36.1 Å². The summed E-state index contributed by atoms with van der Waals surface area (Å²) < 4.78 is 0. The Hall–Kier alpha value is -5.48. The van der Waals surface area contributed by atoms with Gasteiger partial charge in [0.25, 0.3) is 11.8 Å². The molecule has 1 N–H and O–H groups in total. The van der Waals surface area contributed by atoms with Crippen LogP contribution in [0.25, 0.3) is 4.85 Å². The molecular formula is C37H37ClN8O5. The Morgan fingerprint density at radius 3 is 2.29 bits per heavy atom. The van der Waals surface area contributed by atoms with Gasteiger partial charge in [-0.1, -0.05) is 17.7 Å². The second-order valence-corrected chi connectivity index (χ2v) is 13.9. The highest BCUT2D eigenvalue weighted by Gasteiger charge is 2.44. The molecule has 0 bridgehead atoms. The Balaban J connectivity index is 0.930. The minimum atomic E-state index is -0.889. The van der Waals surface area contributed by atoms with Gasteiger partial charge in [-0.2, -0.15) is 0 Å². The second-order valence-electron chi connectivity index (χ2n) is 13.5. The number of rotatable bonds is 5. The van der Waals surface area contributed by atoms with Crippen molar-refractivity contribution < 1.29 is 24.0 Å². The molecule has 1 saturated carbocycles. The van der Waals surface area contributed by atoms with Crippen LogP contribution in [0.1, 0.15) is 53.8 Å². The summed E-state index contributed by atoms with van der Waals surface area (Å²) in [6.07, 6.45) is 1.78. The van der Waals surface area contributed by atoms with Gasteiger partial charge >= 0.3 is 6.03 Å². The summed E-state index contributed by atoms with van der Waals surface area (Å²) in [6, 6.07) is 13.2. The number of pyridine rings is 1. The van der Waals surface area contributed by atoms with Crippen molar-refractivity contribution in [2.75, 3.05) is 59.3 Å². The van der Waals surface area contributed by atoms with Crippen LogP contribution in [0.2, 0.25) is 5.02 Å². The number of piperazine rings is 2. The summed E-state index contributed by atoms with van der Waals surface area (Å²) in [5.74, 6) is -0.727. The third-order valence-corrected chi connectivity index (χ3v) is 10.6. The van der Waals surface area contributed by atoms with E-state index in [1.165, 1.54) is 0 Å². The van der Waals surface area contributed by atoms with E-state index in [0.29, 0.717) is 55.7 Å². The van der Waals surface area contributed by atoms with Crippen molar-refractivity contribution in [2.24, 2.45) is 0 Å². The predicted molar refractivity (Wildman–Crippen MR) is 193 cm³/mol. The molecule has 2 saturated heterocycles. The number of nitrogens with zero attached hydrogens (tertiary/aromatic N) is 7. The van der Waals surface area contributed by atoms with Gasteiger partial charge in [-0.05, 0) is 62.7 Å². The van der Waals surface area contributed by atoms with Crippen LogP contribution in [0.4, 0.5) is 33.4 Å². The van der Waals surface area contributed by atoms with Crippen molar-refractivity contribution in [1.29, 1.82) is 0 Å². The first kappa shape index (κ1) is 34.0. The minimum Gasteiger partial charge on any atom is -0.368 e. The Kier molecular flexibility index (Phi) is 9.12. The molecule has 4 heterocycles. The van der Waals surface area contributed by atoms with Gasteiger partial charge in [-0.25, -0.2) is 14.6 Å². The molecule has 1 aromatic heterocycles. The first-order chi connectivity index (χ1) is 24.5. The Morgan fingerprint density at radius 1 is 0.882 bits per heavy atom. The summed E-state index contributed by atoms with van der Waals surface area (Å²) in [6.45, 7) is 15.1. The van der Waals surface area contributed by atoms with Crippen LogP contribution < -0.4 is 20.0 Å². The van der Waals surface area contributed by atoms with Crippen molar-refractivity contribution in [1.82, 2.24) is 14.8 Å². The van der Waals surface area contributed by atoms with E-state index in [9.17, 15) is 24.0 Å². The quantitative estimate of drug-likeness (QED) is 0.220. The van der Waals surface area contributed by atoms with Gasteiger partial charge in [0.2, 0.25) is 5.69 Å². The third-order valence-electron chi connectivity index (χ3n) is 10.3. The first-order valence-corrected chi connectivity index (χ1v) is 17.4. The van der Waals surface area contributed by atoms with Gasteiger partial charge < -0.3 is 24.9 Å². The van der Waals surface area contributed by atoms with E-state index >= 15 is 0 Å². The van der Waals surface area contributed by atoms with E-state index in [1.54, 1.807) is 30.5 Å². The Bertz CT molecular complexity index is 1970. The number of ketones is 2. The van der Waals surface area contributed by atoms with Gasteiger partial charge in [0.1, 0.15) is 11.6 Å². The molecule has 1 aliphatic carbocycles. The maximum Gasteiger partial charge on any atom is 0.322 e. The lowest BCUT2D eigenvalue weighted by Crippen LogP contribution is -2.59. The number of benzene rings is 2. The number of nitrogens with one attached hydrogen (secondary N) is 1. The Morgan fingerprint density at radius 2 is 1.61 bits per heavy atom. The van der Waals surface area contributed by atoms with Gasteiger partial charge in [0, 0.05) is 74.2 Å². The molecule has 262 valence electrons. The summed E-state index contributed by atoms with van der Waals surface area (Å²) in [7, 11) is 0. The van der Waals surface area contributed by atoms with Crippen LogP contribution in [-0.4, -0.2) is 102 Å². The molecule has 13 nitrogen and oxygen atoms in total. The van der Waals surface area contributed by atoms with Crippen LogP contribution in [0.5, 0.6) is 0 Å². The monoisotopic (exact) mass is 708 g/mol. The normalized spacial score (nSPS) is 22.3. The highest BCUT2D eigenvalue weighted by Crippen LogP contribution is 2.34. The average Bonchev–Trinajstić information content (AvgIpc) is 3.37. The molecule has 2 aromatic carbocycles. The molecule has 4 aliphatic rings. The van der Waals surface area contributed by atoms with E-state index in [-0.39, 0.29) is 60.1 Å². The lowest BCUT2D eigenvalue weighted by molar-refractivity contribution is -0.132. The molecule has 1 unspecified atom stereocenters. The predicted octanol–water partition coefficient (Wildman–Crippen LogP) is 5.03. The van der Waals surface area contributed by atoms with Crippen LogP contribution in [0, 0.1) is 6.57 Å². The highest BCUT2D eigenvalue weighted by molar-refractivity contribution is 6.33. The number of anilines is 4. The van der Waals surface area contributed by atoms with E-state index in [2.05, 4.69) is 36.8 Å². The largest absolute Gasteiger partial charge is 0.368 e. The molecule has 0 radical (unpaired) electrons. The summed E-state index contributed by atoms with van der Waals surface area (Å²) >= 11 is 6.29. The molecular weight excluding hydrogens is 672 g/mol. The lowest BCUT2D eigenvalue weighted by atomic mass is 9.92. The van der Waals surface area contributed by atoms with Crippen molar-refractivity contribution in [3.8, 4) is 0 Å². The number of halogens is 1. The molecule has 7 rings (SSSR count). The van der Waals surface area contributed by atoms with Crippen LogP contribution >= 0.6 is 11.6 Å². The average molecular weight is 709 g/mol. The number of fused-ring (bicyclic) bond motifs is 1. The topological polar surface area (TPSA) is 131 Å². The van der Waals surface area contributed by atoms with Crippen LogP contribution in [0.3, 0.4) is 0 Å². The smallest absolute Gasteiger partial charge is 0.322 e. The fourth-order valence-electron chi connectivity index (χ4n) is 7.43. The Labute approximate surface area is 300 Å². The fraction of sp³-hybridized carbons (Fsp3) is 0.378. The molecule has 3 atom stereocenters. The number of carbonyl (C=O) groups is 5. The zero-order valence-corrected chi connectivity index (χ0v) is 29.1. The molecule has 14 heteroatoms. The van der Waals surface area contributed by atoms with Crippen molar-refractivity contribution in [3.05, 3.63) is 82.3 Å². The second kappa shape index (κ2) is 13.7. The number of hydrogen-bond donors (Lipinski definition) is 1.